The number of likely N-dealkylation sites (tertiary alicyclic amines) is 1. The van der Waals surface area contributed by atoms with Gasteiger partial charge in [-0.25, -0.2) is 4.79 Å². The Bertz CT molecular complexity index is 1250. The van der Waals surface area contributed by atoms with E-state index in [2.05, 4.69) is 29.6 Å². The maximum absolute atomic E-state index is 12.5. The Balaban J connectivity index is 1.14. The van der Waals surface area contributed by atoms with Crippen molar-refractivity contribution in [1.29, 1.82) is 0 Å². The van der Waals surface area contributed by atoms with Crippen molar-refractivity contribution in [1.82, 2.24) is 4.90 Å². The molecular formula is C28H26N2O5. The smallest absolute Gasteiger partial charge is 0.411 e. The quantitative estimate of drug-likeness (QED) is 0.552. The van der Waals surface area contributed by atoms with E-state index in [9.17, 15) is 19.5 Å². The van der Waals surface area contributed by atoms with Crippen LogP contribution in [0.4, 0.5) is 10.5 Å². The number of aliphatic carboxylic acids is 1. The van der Waals surface area contributed by atoms with Crippen LogP contribution in [0.5, 0.6) is 0 Å². The van der Waals surface area contributed by atoms with Crippen LogP contribution < -0.4 is 5.32 Å². The number of carbonyl (C=O) groups excluding carboxylic acids is 2. The zero-order valence-corrected chi connectivity index (χ0v) is 19.4. The Morgan fingerprint density at radius 2 is 1.51 bits per heavy atom. The molecule has 0 spiro atoms. The van der Waals surface area contributed by atoms with Gasteiger partial charge in [0.05, 0.1) is 11.8 Å². The van der Waals surface area contributed by atoms with Gasteiger partial charge in [-0.2, -0.15) is 0 Å². The standard InChI is InChI=1S/C28H26N2O5/c1-28(26(32)33)16-30(17-28)25(31)14-18-10-12-19(13-11-18)29-27(34)35-15-24-22-8-4-2-6-20(22)21-7-3-5-9-23(21)24/h2-13,24H,14-17H2,1H3,(H,29,34)(H,32,33). The topological polar surface area (TPSA) is 95.9 Å². The van der Waals surface area contributed by atoms with Crippen molar-refractivity contribution in [3.05, 3.63) is 89.5 Å². The van der Waals surface area contributed by atoms with Crippen LogP contribution in [-0.2, 0) is 20.7 Å². The number of carbonyl (C=O) groups is 3. The lowest BCUT2D eigenvalue weighted by molar-refractivity contribution is -0.163. The lowest BCUT2D eigenvalue weighted by Crippen LogP contribution is -2.60. The molecule has 3 aromatic rings. The Labute approximate surface area is 203 Å². The summed E-state index contributed by atoms with van der Waals surface area (Å²) in [6.45, 7) is 2.33. The number of nitrogens with zero attached hydrogens (tertiary/aromatic N) is 1. The van der Waals surface area contributed by atoms with Crippen molar-refractivity contribution >= 4 is 23.7 Å². The van der Waals surface area contributed by atoms with Gasteiger partial charge in [0.15, 0.2) is 0 Å². The zero-order valence-electron chi connectivity index (χ0n) is 19.4. The van der Waals surface area contributed by atoms with Crippen LogP contribution in [0.15, 0.2) is 72.8 Å². The largest absolute Gasteiger partial charge is 0.481 e. The fraction of sp³-hybridized carbons (Fsp3) is 0.250. The number of anilines is 1. The first-order valence-corrected chi connectivity index (χ1v) is 11.6. The summed E-state index contributed by atoms with van der Waals surface area (Å²) in [7, 11) is 0. The molecule has 1 fully saturated rings. The van der Waals surface area contributed by atoms with Crippen LogP contribution in [0.3, 0.4) is 0 Å². The van der Waals surface area contributed by atoms with Gasteiger partial charge in [-0.15, -0.1) is 0 Å². The molecule has 1 heterocycles. The molecular weight excluding hydrogens is 444 g/mol. The van der Waals surface area contributed by atoms with Crippen molar-refractivity contribution in [3.63, 3.8) is 0 Å². The van der Waals surface area contributed by atoms with Gasteiger partial charge in [-0.1, -0.05) is 60.7 Å². The predicted molar refractivity (Wildman–Crippen MR) is 131 cm³/mol. The summed E-state index contributed by atoms with van der Waals surface area (Å²) in [6, 6.07) is 23.3. The fourth-order valence-electron chi connectivity index (χ4n) is 4.85. The summed E-state index contributed by atoms with van der Waals surface area (Å²) in [6.07, 6.45) is -0.356. The van der Waals surface area contributed by atoms with E-state index < -0.39 is 17.5 Å². The number of benzene rings is 3. The van der Waals surface area contributed by atoms with Gasteiger partial charge < -0.3 is 14.7 Å². The first kappa shape index (κ1) is 22.7. The highest BCUT2D eigenvalue weighted by molar-refractivity contribution is 5.86. The molecule has 7 nitrogen and oxygen atoms in total. The van der Waals surface area contributed by atoms with E-state index in [0.717, 1.165) is 16.7 Å². The molecule has 1 aliphatic carbocycles. The van der Waals surface area contributed by atoms with E-state index in [4.69, 9.17) is 4.74 Å². The number of ether oxygens (including phenoxy) is 1. The van der Waals surface area contributed by atoms with Crippen molar-refractivity contribution in [2.75, 3.05) is 25.0 Å². The number of nitrogens with one attached hydrogen (secondary N) is 1. The summed E-state index contributed by atoms with van der Waals surface area (Å²) in [5.41, 5.74) is 5.16. The third kappa shape index (κ3) is 4.37. The van der Waals surface area contributed by atoms with Crippen LogP contribution >= 0.6 is 0 Å². The van der Waals surface area contributed by atoms with E-state index in [1.807, 2.05) is 24.3 Å². The molecule has 0 bridgehead atoms. The number of carboxylic acids is 1. The van der Waals surface area contributed by atoms with Crippen molar-refractivity contribution in [3.8, 4) is 11.1 Å². The number of amides is 2. The molecule has 7 heteroatoms. The van der Waals surface area contributed by atoms with E-state index in [1.165, 1.54) is 11.1 Å². The van der Waals surface area contributed by atoms with Crippen LogP contribution in [0, 0.1) is 5.41 Å². The zero-order chi connectivity index (χ0) is 24.6. The second-order valence-electron chi connectivity index (χ2n) is 9.44. The highest BCUT2D eigenvalue weighted by Gasteiger charge is 2.47. The SMILES string of the molecule is CC1(C(=O)O)CN(C(=O)Cc2ccc(NC(=O)OCC3c4ccccc4-c4ccccc43)cc2)C1. The van der Waals surface area contributed by atoms with Crippen LogP contribution in [-0.4, -0.2) is 47.7 Å². The van der Waals surface area contributed by atoms with E-state index in [-0.39, 0.29) is 37.9 Å². The average Bonchev–Trinajstić information content (AvgIpc) is 3.15. The fourth-order valence-corrected chi connectivity index (χ4v) is 4.85. The van der Waals surface area contributed by atoms with Gasteiger partial charge in [-0.05, 0) is 46.9 Å². The number of hydrogen-bond acceptors (Lipinski definition) is 4. The Hall–Kier alpha value is -4.13. The molecule has 2 aliphatic rings. The molecule has 0 radical (unpaired) electrons. The molecule has 3 aromatic carbocycles. The summed E-state index contributed by atoms with van der Waals surface area (Å²) in [5.74, 6) is -1.00. The monoisotopic (exact) mass is 470 g/mol. The number of carboxylic acid groups (broad SMARTS) is 1. The highest BCUT2D eigenvalue weighted by Crippen LogP contribution is 2.44. The second-order valence-corrected chi connectivity index (χ2v) is 9.44. The first-order chi connectivity index (χ1) is 16.8. The number of hydrogen-bond donors (Lipinski definition) is 2. The van der Waals surface area contributed by atoms with Gasteiger partial charge >= 0.3 is 12.1 Å². The van der Waals surface area contributed by atoms with Crippen LogP contribution in [0.2, 0.25) is 0 Å². The lowest BCUT2D eigenvalue weighted by Gasteiger charge is -2.44. The van der Waals surface area contributed by atoms with E-state index in [0.29, 0.717) is 5.69 Å². The lowest BCUT2D eigenvalue weighted by atomic mass is 9.82. The molecule has 0 aromatic heterocycles. The summed E-state index contributed by atoms with van der Waals surface area (Å²) in [5, 5.41) is 11.9. The highest BCUT2D eigenvalue weighted by atomic mass is 16.5. The minimum absolute atomic E-state index is 0.00831. The predicted octanol–water partition coefficient (Wildman–Crippen LogP) is 4.52. The molecule has 178 valence electrons. The molecule has 1 saturated heterocycles. The van der Waals surface area contributed by atoms with E-state index in [1.54, 1.807) is 36.1 Å². The van der Waals surface area contributed by atoms with Crippen molar-refractivity contribution in [2.45, 2.75) is 19.3 Å². The molecule has 1 aliphatic heterocycles. The summed E-state index contributed by atoms with van der Waals surface area (Å²) >= 11 is 0. The van der Waals surface area contributed by atoms with Gasteiger partial charge in [0.2, 0.25) is 5.91 Å². The molecule has 0 saturated carbocycles. The van der Waals surface area contributed by atoms with Crippen molar-refractivity contribution in [2.24, 2.45) is 5.41 Å². The van der Waals surface area contributed by atoms with E-state index >= 15 is 0 Å². The maximum Gasteiger partial charge on any atom is 0.411 e. The summed E-state index contributed by atoms with van der Waals surface area (Å²) < 4.78 is 5.57. The third-order valence-corrected chi connectivity index (χ3v) is 6.85. The Morgan fingerprint density at radius 1 is 0.943 bits per heavy atom. The summed E-state index contributed by atoms with van der Waals surface area (Å²) in [4.78, 5) is 37.6. The molecule has 35 heavy (non-hydrogen) atoms. The first-order valence-electron chi connectivity index (χ1n) is 11.6. The van der Waals surface area contributed by atoms with Crippen molar-refractivity contribution < 1.29 is 24.2 Å². The molecule has 2 amide bonds. The third-order valence-electron chi connectivity index (χ3n) is 6.85. The Kier molecular flexibility index (Phi) is 5.76. The maximum atomic E-state index is 12.5. The molecule has 2 N–H and O–H groups in total. The molecule has 0 unspecified atom stereocenters. The second kappa shape index (κ2) is 8.91. The minimum Gasteiger partial charge on any atom is -0.481 e. The minimum atomic E-state index is -0.884. The average molecular weight is 471 g/mol. The van der Waals surface area contributed by atoms with Gasteiger partial charge in [0, 0.05) is 24.7 Å². The van der Waals surface area contributed by atoms with Gasteiger partial charge in [0.25, 0.3) is 0 Å². The number of fused-ring (bicyclic) bond motifs is 3. The van der Waals surface area contributed by atoms with Crippen LogP contribution in [0.1, 0.15) is 29.5 Å². The normalized spacial score (nSPS) is 15.5. The molecule has 0 atom stereocenters. The Morgan fingerprint density at radius 3 is 2.09 bits per heavy atom. The van der Waals surface area contributed by atoms with Crippen LogP contribution in [0.25, 0.3) is 11.1 Å². The van der Waals surface area contributed by atoms with Gasteiger partial charge in [0.1, 0.15) is 6.61 Å². The molecule has 5 rings (SSSR count). The van der Waals surface area contributed by atoms with Gasteiger partial charge in [-0.3, -0.25) is 14.9 Å². The number of rotatable bonds is 6.